The second-order valence-electron chi connectivity index (χ2n) is 7.31. The van der Waals surface area contributed by atoms with Crippen molar-refractivity contribution in [3.63, 3.8) is 0 Å². The van der Waals surface area contributed by atoms with Crippen LogP contribution in [-0.2, 0) is 14.8 Å². The Labute approximate surface area is 152 Å². The predicted molar refractivity (Wildman–Crippen MR) is 102 cm³/mol. The first-order valence-electron chi connectivity index (χ1n) is 9.03. The number of benzene rings is 1. The molecule has 0 N–H and O–H groups in total. The molecule has 1 aliphatic carbocycles. The largest absolute Gasteiger partial charge is 0.341 e. The highest BCUT2D eigenvalue weighted by atomic mass is 32.2. The van der Waals surface area contributed by atoms with Crippen molar-refractivity contribution >= 4 is 21.6 Å². The fourth-order valence-corrected chi connectivity index (χ4v) is 4.18. The summed E-state index contributed by atoms with van der Waals surface area (Å²) in [6.45, 7) is 4.03. The van der Waals surface area contributed by atoms with E-state index in [4.69, 9.17) is 0 Å². The summed E-state index contributed by atoms with van der Waals surface area (Å²) < 4.78 is 25.7. The van der Waals surface area contributed by atoms with Crippen molar-refractivity contribution in [3.8, 4) is 0 Å². The number of amides is 1. The van der Waals surface area contributed by atoms with E-state index in [0.717, 1.165) is 37.5 Å². The summed E-state index contributed by atoms with van der Waals surface area (Å²) in [4.78, 5) is 14.4. The summed E-state index contributed by atoms with van der Waals surface area (Å²) in [6.07, 6.45) is 6.64. The quantitative estimate of drug-likeness (QED) is 0.776. The second kappa shape index (κ2) is 8.21. The molecule has 0 spiro atoms. The van der Waals surface area contributed by atoms with E-state index in [1.165, 1.54) is 10.7 Å². The Bertz CT molecular complexity index is 677. The Kier molecular flexibility index (Phi) is 6.49. The molecule has 0 radical (unpaired) electrons. The molecule has 0 atom stereocenters. The molecule has 25 heavy (non-hydrogen) atoms. The van der Waals surface area contributed by atoms with Crippen molar-refractivity contribution in [3.05, 3.63) is 29.8 Å². The van der Waals surface area contributed by atoms with Gasteiger partial charge in [0.05, 0.1) is 11.9 Å². The molecule has 0 saturated heterocycles. The van der Waals surface area contributed by atoms with E-state index in [0.29, 0.717) is 11.6 Å². The van der Waals surface area contributed by atoms with E-state index >= 15 is 0 Å². The van der Waals surface area contributed by atoms with Gasteiger partial charge >= 0.3 is 0 Å². The van der Waals surface area contributed by atoms with Gasteiger partial charge < -0.3 is 4.90 Å². The Hall–Kier alpha value is -1.56. The highest BCUT2D eigenvalue weighted by Crippen LogP contribution is 2.24. The minimum Gasteiger partial charge on any atom is -0.341 e. The van der Waals surface area contributed by atoms with Crippen LogP contribution in [0.4, 0.5) is 5.69 Å². The van der Waals surface area contributed by atoms with Crippen LogP contribution < -0.4 is 4.31 Å². The summed E-state index contributed by atoms with van der Waals surface area (Å²) in [5, 5.41) is 0. The van der Waals surface area contributed by atoms with Gasteiger partial charge in [0.2, 0.25) is 15.9 Å². The van der Waals surface area contributed by atoms with Crippen LogP contribution >= 0.6 is 0 Å². The molecule has 6 heteroatoms. The smallest absolute Gasteiger partial charge is 0.243 e. The molecule has 0 bridgehead atoms. The standard InChI is InChI=1S/C19H30N2O3S/c1-15(2)16-10-12-18(13-11-16)21(25(4,23)24)14-19(22)20(3)17-8-6-5-7-9-17/h10-13,15,17H,5-9,14H2,1-4H3. The lowest BCUT2D eigenvalue weighted by atomic mass is 9.94. The zero-order chi connectivity index (χ0) is 18.6. The number of anilines is 1. The number of likely N-dealkylation sites (N-methyl/N-ethyl adjacent to an activating group) is 1. The highest BCUT2D eigenvalue weighted by Gasteiger charge is 2.27. The van der Waals surface area contributed by atoms with Gasteiger partial charge in [0.15, 0.2) is 0 Å². The Morgan fingerprint density at radius 3 is 2.16 bits per heavy atom. The molecule has 1 aromatic carbocycles. The Balaban J connectivity index is 2.16. The van der Waals surface area contributed by atoms with Crippen molar-refractivity contribution in [2.24, 2.45) is 0 Å². The van der Waals surface area contributed by atoms with Gasteiger partial charge in [-0.3, -0.25) is 9.10 Å². The van der Waals surface area contributed by atoms with E-state index in [-0.39, 0.29) is 18.5 Å². The molecule has 5 nitrogen and oxygen atoms in total. The van der Waals surface area contributed by atoms with E-state index in [9.17, 15) is 13.2 Å². The number of nitrogens with zero attached hydrogens (tertiary/aromatic N) is 2. The first-order valence-corrected chi connectivity index (χ1v) is 10.9. The summed E-state index contributed by atoms with van der Waals surface area (Å²) in [5.74, 6) is 0.227. The maximum Gasteiger partial charge on any atom is 0.243 e. The molecule has 1 saturated carbocycles. The van der Waals surface area contributed by atoms with Gasteiger partial charge in [-0.15, -0.1) is 0 Å². The summed E-state index contributed by atoms with van der Waals surface area (Å²) in [5.41, 5.74) is 1.68. The first-order chi connectivity index (χ1) is 11.7. The van der Waals surface area contributed by atoms with Gasteiger partial charge in [-0.1, -0.05) is 45.2 Å². The minimum absolute atomic E-state index is 0.146. The van der Waals surface area contributed by atoms with E-state index < -0.39 is 10.0 Å². The summed E-state index contributed by atoms with van der Waals surface area (Å²) in [6, 6.07) is 7.64. The number of carbonyl (C=O) groups excluding carboxylic acids is 1. The minimum atomic E-state index is -3.52. The fraction of sp³-hybridized carbons (Fsp3) is 0.632. The molecular formula is C19H30N2O3S. The fourth-order valence-electron chi connectivity index (χ4n) is 3.33. The second-order valence-corrected chi connectivity index (χ2v) is 9.22. The van der Waals surface area contributed by atoms with Gasteiger partial charge in [0.1, 0.15) is 6.54 Å². The molecule has 0 unspecified atom stereocenters. The van der Waals surface area contributed by atoms with Crippen LogP contribution in [0.2, 0.25) is 0 Å². The lowest BCUT2D eigenvalue weighted by Gasteiger charge is -2.33. The van der Waals surface area contributed by atoms with E-state index in [2.05, 4.69) is 13.8 Å². The van der Waals surface area contributed by atoms with Crippen LogP contribution in [0.15, 0.2) is 24.3 Å². The molecule has 140 valence electrons. The predicted octanol–water partition coefficient (Wildman–Crippen LogP) is 3.37. The Morgan fingerprint density at radius 2 is 1.68 bits per heavy atom. The van der Waals surface area contributed by atoms with Crippen LogP contribution in [0, 0.1) is 0 Å². The first kappa shape index (κ1) is 19.8. The van der Waals surface area contributed by atoms with Gasteiger partial charge in [-0.2, -0.15) is 0 Å². The maximum atomic E-state index is 12.7. The topological polar surface area (TPSA) is 57.7 Å². The lowest BCUT2D eigenvalue weighted by Crippen LogP contribution is -2.45. The normalized spacial score (nSPS) is 16.0. The molecular weight excluding hydrogens is 336 g/mol. The van der Waals surface area contributed by atoms with Gasteiger partial charge in [-0.05, 0) is 36.5 Å². The van der Waals surface area contributed by atoms with Gasteiger partial charge in [0.25, 0.3) is 0 Å². The molecule has 0 aromatic heterocycles. The molecule has 1 aliphatic rings. The third-order valence-corrected chi connectivity index (χ3v) is 6.18. The average Bonchev–Trinajstić information content (AvgIpc) is 2.58. The number of hydrogen-bond acceptors (Lipinski definition) is 3. The molecule has 1 fully saturated rings. The van der Waals surface area contributed by atoms with E-state index in [1.807, 2.05) is 12.1 Å². The van der Waals surface area contributed by atoms with E-state index in [1.54, 1.807) is 24.1 Å². The van der Waals surface area contributed by atoms with Crippen LogP contribution in [0.25, 0.3) is 0 Å². The summed E-state index contributed by atoms with van der Waals surface area (Å²) >= 11 is 0. The molecule has 2 rings (SSSR count). The van der Waals surface area contributed by atoms with Gasteiger partial charge in [0, 0.05) is 13.1 Å². The summed E-state index contributed by atoms with van der Waals surface area (Å²) in [7, 11) is -1.73. The zero-order valence-corrected chi connectivity index (χ0v) is 16.6. The van der Waals surface area contributed by atoms with Crippen LogP contribution in [0.1, 0.15) is 57.4 Å². The molecule has 1 aromatic rings. The third-order valence-electron chi connectivity index (χ3n) is 5.04. The number of sulfonamides is 1. The number of hydrogen-bond donors (Lipinski definition) is 0. The van der Waals surface area contributed by atoms with Gasteiger partial charge in [-0.25, -0.2) is 8.42 Å². The van der Waals surface area contributed by atoms with Crippen molar-refractivity contribution in [1.82, 2.24) is 4.90 Å². The molecule has 0 heterocycles. The monoisotopic (exact) mass is 366 g/mol. The van der Waals surface area contributed by atoms with Crippen LogP contribution in [0.3, 0.4) is 0 Å². The zero-order valence-electron chi connectivity index (χ0n) is 15.7. The highest BCUT2D eigenvalue weighted by molar-refractivity contribution is 7.92. The van der Waals surface area contributed by atoms with Crippen LogP contribution in [0.5, 0.6) is 0 Å². The SMILES string of the molecule is CC(C)c1ccc(N(CC(=O)N(C)C2CCCCC2)S(C)(=O)=O)cc1. The molecule has 1 amide bonds. The van der Waals surface area contributed by atoms with Crippen molar-refractivity contribution in [1.29, 1.82) is 0 Å². The number of carbonyl (C=O) groups is 1. The molecule has 0 aliphatic heterocycles. The Morgan fingerprint density at radius 1 is 1.12 bits per heavy atom. The average molecular weight is 367 g/mol. The van der Waals surface area contributed by atoms with Crippen molar-refractivity contribution in [2.45, 2.75) is 57.9 Å². The van der Waals surface area contributed by atoms with Crippen molar-refractivity contribution < 1.29 is 13.2 Å². The van der Waals surface area contributed by atoms with Crippen molar-refractivity contribution in [2.75, 3.05) is 24.2 Å². The number of rotatable bonds is 6. The third kappa shape index (κ3) is 5.21. The van der Waals surface area contributed by atoms with Crippen LogP contribution in [-0.4, -0.2) is 45.1 Å². The maximum absolute atomic E-state index is 12.7. The lowest BCUT2D eigenvalue weighted by molar-refractivity contribution is -0.130.